The fourth-order valence-corrected chi connectivity index (χ4v) is 2.52. The van der Waals surface area contributed by atoms with Gasteiger partial charge in [0.15, 0.2) is 11.5 Å². The van der Waals surface area contributed by atoms with E-state index in [1.807, 2.05) is 6.92 Å². The van der Waals surface area contributed by atoms with Gasteiger partial charge in [0.2, 0.25) is 0 Å². The van der Waals surface area contributed by atoms with Crippen molar-refractivity contribution in [2.24, 2.45) is 0 Å². The maximum absolute atomic E-state index is 10.7. The van der Waals surface area contributed by atoms with Gasteiger partial charge in [-0.25, -0.2) is 4.79 Å². The number of rotatable bonds is 7. The van der Waals surface area contributed by atoms with E-state index in [0.29, 0.717) is 0 Å². The Kier molecular flexibility index (Phi) is 6.36. The quantitative estimate of drug-likeness (QED) is 0.577. The molecule has 1 rings (SSSR count). The highest BCUT2D eigenvalue weighted by molar-refractivity contribution is 5.65. The van der Waals surface area contributed by atoms with Gasteiger partial charge < -0.3 is 14.9 Å². The molecule has 0 aliphatic rings. The second-order valence-corrected chi connectivity index (χ2v) is 4.91. The summed E-state index contributed by atoms with van der Waals surface area (Å²) in [6.07, 6.45) is 4.04. The first kappa shape index (κ1) is 16.3. The number of hydrogen-bond donors (Lipinski definition) is 2. The Morgan fingerprint density at radius 1 is 1.15 bits per heavy atom. The molecule has 0 bridgehead atoms. The second kappa shape index (κ2) is 7.78. The molecular weight excluding hydrogens is 256 g/mol. The van der Waals surface area contributed by atoms with Crippen LogP contribution in [0.2, 0.25) is 0 Å². The Morgan fingerprint density at radius 3 is 2.35 bits per heavy atom. The van der Waals surface area contributed by atoms with Crippen LogP contribution < -0.4 is 4.74 Å². The van der Waals surface area contributed by atoms with Gasteiger partial charge in [-0.15, -0.1) is 0 Å². The first-order chi connectivity index (χ1) is 9.54. The lowest BCUT2D eigenvalue weighted by Crippen LogP contribution is -2.07. The van der Waals surface area contributed by atoms with Crippen LogP contribution in [0.4, 0.5) is 4.79 Å². The number of ether oxygens (including phenoxy) is 1. The number of aryl methyl sites for hydroxylation is 1. The van der Waals surface area contributed by atoms with Gasteiger partial charge in [0.1, 0.15) is 0 Å². The fraction of sp³-hybridized carbons (Fsp3) is 0.562. The third kappa shape index (κ3) is 3.89. The summed E-state index contributed by atoms with van der Waals surface area (Å²) in [5.74, 6) is 0.0376. The normalized spacial score (nSPS) is 10.6. The molecular formula is C16H24O4. The molecule has 20 heavy (non-hydrogen) atoms. The monoisotopic (exact) mass is 280 g/mol. The lowest BCUT2D eigenvalue weighted by molar-refractivity contribution is 0.142. The van der Waals surface area contributed by atoms with E-state index in [0.717, 1.165) is 55.2 Å². The SMILES string of the molecule is CCCCc1cc(OC(=O)O)c(O)c(CCC)c1CC. The molecule has 4 nitrogen and oxygen atoms in total. The number of carbonyl (C=O) groups is 1. The Hall–Kier alpha value is -1.71. The molecule has 1 aromatic carbocycles. The van der Waals surface area contributed by atoms with Gasteiger partial charge in [-0.2, -0.15) is 0 Å². The molecule has 0 saturated heterocycles. The molecule has 0 spiro atoms. The predicted octanol–water partition coefficient (Wildman–Crippen LogP) is 4.31. The van der Waals surface area contributed by atoms with Crippen molar-refractivity contribution >= 4 is 6.16 Å². The number of phenolic OH excluding ortho intramolecular Hbond substituents is 1. The number of carboxylic acid groups (broad SMARTS) is 1. The molecule has 2 N–H and O–H groups in total. The first-order valence-corrected chi connectivity index (χ1v) is 7.32. The van der Waals surface area contributed by atoms with E-state index in [1.54, 1.807) is 6.07 Å². The number of aromatic hydroxyl groups is 1. The van der Waals surface area contributed by atoms with Crippen LogP contribution in [0.25, 0.3) is 0 Å². The van der Waals surface area contributed by atoms with Gasteiger partial charge in [0.05, 0.1) is 0 Å². The average Bonchev–Trinajstić information content (AvgIpc) is 2.41. The Morgan fingerprint density at radius 2 is 1.85 bits per heavy atom. The molecule has 0 unspecified atom stereocenters. The lowest BCUT2D eigenvalue weighted by atomic mass is 9.92. The van der Waals surface area contributed by atoms with Gasteiger partial charge in [0.25, 0.3) is 0 Å². The number of benzene rings is 1. The summed E-state index contributed by atoms with van der Waals surface area (Å²) in [7, 11) is 0. The molecule has 0 fully saturated rings. The zero-order chi connectivity index (χ0) is 15.1. The maximum atomic E-state index is 10.7. The van der Waals surface area contributed by atoms with Crippen molar-refractivity contribution in [1.29, 1.82) is 0 Å². The highest BCUT2D eigenvalue weighted by Crippen LogP contribution is 2.37. The minimum atomic E-state index is -1.39. The second-order valence-electron chi connectivity index (χ2n) is 4.91. The Labute approximate surface area is 120 Å². The number of hydrogen-bond acceptors (Lipinski definition) is 3. The third-order valence-electron chi connectivity index (χ3n) is 3.43. The maximum Gasteiger partial charge on any atom is 0.511 e. The predicted molar refractivity (Wildman–Crippen MR) is 78.7 cm³/mol. The van der Waals surface area contributed by atoms with Gasteiger partial charge in [-0.3, -0.25) is 0 Å². The first-order valence-electron chi connectivity index (χ1n) is 7.32. The van der Waals surface area contributed by atoms with Crippen molar-refractivity contribution in [3.05, 3.63) is 22.8 Å². The van der Waals surface area contributed by atoms with E-state index in [2.05, 4.69) is 13.8 Å². The largest absolute Gasteiger partial charge is 0.511 e. The van der Waals surface area contributed by atoms with E-state index in [4.69, 9.17) is 9.84 Å². The lowest BCUT2D eigenvalue weighted by Gasteiger charge is -2.17. The Bertz CT molecular complexity index is 466. The molecule has 112 valence electrons. The summed E-state index contributed by atoms with van der Waals surface area (Å²) >= 11 is 0. The summed E-state index contributed by atoms with van der Waals surface area (Å²) in [6.45, 7) is 6.21. The van der Waals surface area contributed by atoms with Gasteiger partial charge in [-0.1, -0.05) is 33.6 Å². The summed E-state index contributed by atoms with van der Waals surface area (Å²) < 4.78 is 4.72. The summed E-state index contributed by atoms with van der Waals surface area (Å²) in [4.78, 5) is 10.7. The third-order valence-corrected chi connectivity index (χ3v) is 3.43. The standard InChI is InChI=1S/C16H24O4/c1-4-7-9-11-10-14(20-16(18)19)15(17)13(8-5-2)12(11)6-3/h10,17H,4-9H2,1-3H3,(H,18,19). The molecule has 4 heteroatoms. The van der Waals surface area contributed by atoms with Crippen LogP contribution in [0, 0.1) is 0 Å². The van der Waals surface area contributed by atoms with E-state index in [9.17, 15) is 9.90 Å². The van der Waals surface area contributed by atoms with Crippen molar-refractivity contribution in [3.63, 3.8) is 0 Å². The van der Waals surface area contributed by atoms with Crippen LogP contribution in [0.5, 0.6) is 11.5 Å². The van der Waals surface area contributed by atoms with Crippen LogP contribution >= 0.6 is 0 Å². The van der Waals surface area contributed by atoms with Crippen LogP contribution in [-0.2, 0) is 19.3 Å². The number of phenols is 1. The van der Waals surface area contributed by atoms with E-state index in [-0.39, 0.29) is 11.5 Å². The molecule has 0 amide bonds. The fourth-order valence-electron chi connectivity index (χ4n) is 2.52. The van der Waals surface area contributed by atoms with Crippen molar-refractivity contribution in [3.8, 4) is 11.5 Å². The molecule has 0 atom stereocenters. The molecule has 1 aromatic rings. The van der Waals surface area contributed by atoms with Crippen molar-refractivity contribution in [1.82, 2.24) is 0 Å². The molecule has 0 aromatic heterocycles. The topological polar surface area (TPSA) is 66.8 Å². The van der Waals surface area contributed by atoms with Crippen molar-refractivity contribution in [2.45, 2.75) is 59.3 Å². The molecule has 0 saturated carbocycles. The van der Waals surface area contributed by atoms with E-state index in [1.165, 1.54) is 0 Å². The number of unbranched alkanes of at least 4 members (excludes halogenated alkanes) is 1. The van der Waals surface area contributed by atoms with Gasteiger partial charge in [0, 0.05) is 5.56 Å². The minimum absolute atomic E-state index is 0.0219. The zero-order valence-corrected chi connectivity index (χ0v) is 12.5. The average molecular weight is 280 g/mol. The van der Waals surface area contributed by atoms with Crippen LogP contribution in [0.3, 0.4) is 0 Å². The molecule has 0 aliphatic carbocycles. The van der Waals surface area contributed by atoms with Gasteiger partial charge in [-0.05, 0) is 42.9 Å². The summed E-state index contributed by atoms with van der Waals surface area (Å²) in [5.41, 5.74) is 3.06. The molecule has 0 aliphatic heterocycles. The van der Waals surface area contributed by atoms with E-state index >= 15 is 0 Å². The zero-order valence-electron chi connectivity index (χ0n) is 12.5. The van der Waals surface area contributed by atoms with Crippen LogP contribution in [0.15, 0.2) is 6.07 Å². The smallest absolute Gasteiger partial charge is 0.504 e. The van der Waals surface area contributed by atoms with Crippen LogP contribution in [0.1, 0.15) is 56.7 Å². The minimum Gasteiger partial charge on any atom is -0.504 e. The summed E-state index contributed by atoms with van der Waals surface area (Å²) in [6, 6.07) is 1.68. The van der Waals surface area contributed by atoms with Crippen LogP contribution in [-0.4, -0.2) is 16.4 Å². The van der Waals surface area contributed by atoms with Gasteiger partial charge >= 0.3 is 6.16 Å². The molecule has 0 radical (unpaired) electrons. The van der Waals surface area contributed by atoms with Crippen molar-refractivity contribution < 1.29 is 19.7 Å². The van der Waals surface area contributed by atoms with E-state index < -0.39 is 6.16 Å². The summed E-state index contributed by atoms with van der Waals surface area (Å²) in [5, 5.41) is 19.0. The highest BCUT2D eigenvalue weighted by atomic mass is 16.7. The molecule has 0 heterocycles. The highest BCUT2D eigenvalue weighted by Gasteiger charge is 2.18. The Balaban J connectivity index is 3.32. The van der Waals surface area contributed by atoms with Crippen molar-refractivity contribution in [2.75, 3.05) is 0 Å².